The van der Waals surface area contributed by atoms with Crippen LogP contribution >= 0.6 is 0 Å². The van der Waals surface area contributed by atoms with E-state index in [1.165, 1.54) is 24.9 Å². The van der Waals surface area contributed by atoms with E-state index in [1.54, 1.807) is 23.1 Å². The van der Waals surface area contributed by atoms with Gasteiger partial charge in [0.2, 0.25) is 11.8 Å². The number of H-pyrrole nitrogens is 1. The Morgan fingerprint density at radius 1 is 1.04 bits per heavy atom. The fraction of sp³-hybridized carbons (Fsp3) is 0.294. The van der Waals surface area contributed by atoms with Crippen molar-refractivity contribution in [3.63, 3.8) is 0 Å². The van der Waals surface area contributed by atoms with Crippen molar-refractivity contribution in [3.8, 4) is 28.5 Å². The van der Waals surface area contributed by atoms with Crippen LogP contribution in [0.1, 0.15) is 18.4 Å². The molecule has 0 aliphatic carbocycles. The number of nitrogens with one attached hydrogen (secondary N) is 2. The number of methoxy groups -OCH3 is 1. The van der Waals surface area contributed by atoms with Gasteiger partial charge in [-0.2, -0.15) is 10.2 Å². The number of anilines is 1. The smallest absolute Gasteiger partial charge is 0.258 e. The van der Waals surface area contributed by atoms with Gasteiger partial charge in [-0.25, -0.2) is 9.97 Å². The van der Waals surface area contributed by atoms with Gasteiger partial charge in [-0.15, -0.1) is 0 Å². The number of fused-ring (bicyclic) bond motifs is 1. The number of likely N-dealkylation sites (tertiary alicyclic amines) is 1. The largest absolute Gasteiger partial charge is 0.493 e. The summed E-state index contributed by atoms with van der Waals surface area (Å²) in [7, 11) is 3.38. The fourth-order valence-corrected chi connectivity index (χ4v) is 6.31. The highest BCUT2D eigenvalue weighted by atomic mass is 16.5. The van der Waals surface area contributed by atoms with Gasteiger partial charge < -0.3 is 20.1 Å². The molecule has 7 rings (SSSR count). The third-order valence-corrected chi connectivity index (χ3v) is 8.99. The van der Waals surface area contributed by atoms with Crippen molar-refractivity contribution in [3.05, 3.63) is 78.8 Å². The minimum Gasteiger partial charge on any atom is -0.493 e. The van der Waals surface area contributed by atoms with E-state index in [9.17, 15) is 14.7 Å². The number of hydrogen-bond donors (Lipinski definition) is 3. The van der Waals surface area contributed by atoms with Gasteiger partial charge >= 0.3 is 0 Å². The summed E-state index contributed by atoms with van der Waals surface area (Å²) in [4.78, 5) is 38.9. The predicted octanol–water partition coefficient (Wildman–Crippen LogP) is 3.47. The molecule has 0 radical (unpaired) electrons. The molecule has 0 unspecified atom stereocenters. The Morgan fingerprint density at radius 3 is 2.60 bits per heavy atom. The monoisotopic (exact) mass is 633 g/mol. The van der Waals surface area contributed by atoms with Gasteiger partial charge in [0, 0.05) is 74.8 Å². The molecule has 2 amide bonds. The van der Waals surface area contributed by atoms with E-state index in [1.807, 2.05) is 41.1 Å². The highest BCUT2D eigenvalue weighted by Crippen LogP contribution is 2.32. The molecule has 0 saturated carbocycles. The molecule has 0 bridgehead atoms. The number of pyridine rings is 1. The zero-order valence-electron chi connectivity index (χ0n) is 26.2. The number of amides is 2. The van der Waals surface area contributed by atoms with E-state index >= 15 is 0 Å². The molecule has 13 heteroatoms. The Balaban J connectivity index is 0.962. The average molecular weight is 634 g/mol. The van der Waals surface area contributed by atoms with Crippen molar-refractivity contribution in [1.82, 2.24) is 39.7 Å². The van der Waals surface area contributed by atoms with Gasteiger partial charge in [-0.3, -0.25) is 24.3 Å². The van der Waals surface area contributed by atoms with Gasteiger partial charge in [0.05, 0.1) is 12.1 Å². The molecule has 47 heavy (non-hydrogen) atoms. The third-order valence-electron chi connectivity index (χ3n) is 8.99. The van der Waals surface area contributed by atoms with Gasteiger partial charge in [0.25, 0.3) is 5.91 Å². The van der Waals surface area contributed by atoms with E-state index in [0.29, 0.717) is 55.4 Å². The van der Waals surface area contributed by atoms with Crippen LogP contribution in [0.25, 0.3) is 39.1 Å². The molecule has 2 aromatic carbocycles. The minimum atomic E-state index is -1.09. The van der Waals surface area contributed by atoms with E-state index in [-0.39, 0.29) is 24.2 Å². The summed E-state index contributed by atoms with van der Waals surface area (Å²) in [6.45, 7) is 2.27. The molecule has 13 nitrogen and oxygen atoms in total. The summed E-state index contributed by atoms with van der Waals surface area (Å²) in [6, 6.07) is 17.0. The molecule has 5 heterocycles. The number of benzene rings is 2. The Morgan fingerprint density at radius 2 is 1.87 bits per heavy atom. The lowest BCUT2D eigenvalue weighted by molar-refractivity contribution is -0.138. The molecule has 1 atom stereocenters. The van der Waals surface area contributed by atoms with Gasteiger partial charge in [0.1, 0.15) is 12.0 Å². The number of hydrogen-bond acceptors (Lipinski definition) is 9. The molecule has 2 aliphatic rings. The molecule has 1 fully saturated rings. The third kappa shape index (κ3) is 6.10. The highest BCUT2D eigenvalue weighted by molar-refractivity contribution is 6.01. The normalized spacial score (nSPS) is 18.4. The SMILES string of the molecule is CO[C@@]1(C(=O)Nc2ccc3[nH]nc(-c4ccnc(O)c4)c3c2)CCN(CC(=O)N2CC=C(c3ccc(-c4ncn(C)n4)cc3)CC2)C1. The summed E-state index contributed by atoms with van der Waals surface area (Å²) in [6.07, 6.45) is 6.54. The van der Waals surface area contributed by atoms with Crippen LogP contribution in [0, 0.1) is 0 Å². The van der Waals surface area contributed by atoms with E-state index < -0.39 is 5.60 Å². The molecule has 1 saturated heterocycles. The average Bonchev–Trinajstić information content (AvgIpc) is 3.83. The maximum atomic E-state index is 13.6. The summed E-state index contributed by atoms with van der Waals surface area (Å²) < 4.78 is 7.50. The summed E-state index contributed by atoms with van der Waals surface area (Å²) in [5.74, 6) is 0.358. The Labute approximate surface area is 270 Å². The first-order valence-corrected chi connectivity index (χ1v) is 15.5. The van der Waals surface area contributed by atoms with Gasteiger partial charge in [-0.05, 0) is 48.2 Å². The first kappa shape index (κ1) is 30.3. The van der Waals surface area contributed by atoms with E-state index in [0.717, 1.165) is 28.5 Å². The van der Waals surface area contributed by atoms with Gasteiger partial charge in [0.15, 0.2) is 11.4 Å². The predicted molar refractivity (Wildman–Crippen MR) is 176 cm³/mol. The van der Waals surface area contributed by atoms with Crippen LogP contribution in [0.4, 0.5) is 5.69 Å². The molecule has 2 aliphatic heterocycles. The fourth-order valence-electron chi connectivity index (χ4n) is 6.31. The topological polar surface area (TPSA) is 154 Å². The summed E-state index contributed by atoms with van der Waals surface area (Å²) >= 11 is 0. The maximum Gasteiger partial charge on any atom is 0.258 e. The van der Waals surface area contributed by atoms with Crippen molar-refractivity contribution in [2.45, 2.75) is 18.4 Å². The number of nitrogens with zero attached hydrogens (tertiary/aromatic N) is 7. The second-order valence-electron chi connectivity index (χ2n) is 12.0. The molecule has 240 valence electrons. The van der Waals surface area contributed by atoms with Crippen LogP contribution in [0.15, 0.2) is 73.2 Å². The highest BCUT2D eigenvalue weighted by Gasteiger charge is 2.45. The number of carbonyl (C=O) groups excluding carboxylic acids is 2. The number of rotatable bonds is 8. The zero-order valence-corrected chi connectivity index (χ0v) is 26.2. The lowest BCUT2D eigenvalue weighted by atomic mass is 9.98. The van der Waals surface area contributed by atoms with E-state index in [2.05, 4.69) is 48.8 Å². The maximum absolute atomic E-state index is 13.6. The Kier molecular flexibility index (Phi) is 8.00. The Hall–Kier alpha value is -5.40. The first-order chi connectivity index (χ1) is 22.8. The first-order valence-electron chi connectivity index (χ1n) is 15.5. The van der Waals surface area contributed by atoms with Crippen LogP contribution in [0.2, 0.25) is 0 Å². The molecule has 3 aromatic heterocycles. The van der Waals surface area contributed by atoms with Crippen molar-refractivity contribution in [2.75, 3.05) is 45.2 Å². The van der Waals surface area contributed by atoms with Crippen LogP contribution in [0.5, 0.6) is 5.88 Å². The molecular formula is C34H35N9O4. The van der Waals surface area contributed by atoms with E-state index in [4.69, 9.17) is 4.74 Å². The zero-order chi connectivity index (χ0) is 32.5. The number of aromatic amines is 1. The van der Waals surface area contributed by atoms with Crippen molar-refractivity contribution >= 4 is 34.0 Å². The standard InChI is InChI=1S/C34H35N9O4/c1-41-21-36-32(40-41)24-5-3-22(4-6-24)23-10-14-43(15-11-23)30(45)19-42-16-12-34(20-42,47-2)33(46)37-26-7-8-28-27(18-26)31(39-38-28)25-9-13-35-29(44)17-25/h3-10,13,17-18,21H,11-12,14-16,19-20H2,1-2H3,(H,35,44)(H,37,46)(H,38,39)/t34-/m0/s1. The summed E-state index contributed by atoms with van der Waals surface area (Å²) in [5, 5.41) is 25.4. The quantitative estimate of drug-likeness (QED) is 0.233. The van der Waals surface area contributed by atoms with Crippen LogP contribution in [0.3, 0.4) is 0 Å². The van der Waals surface area contributed by atoms with Crippen LogP contribution < -0.4 is 5.32 Å². The van der Waals surface area contributed by atoms with Gasteiger partial charge in [-0.1, -0.05) is 30.3 Å². The van der Waals surface area contributed by atoms with Crippen molar-refractivity contribution in [1.29, 1.82) is 0 Å². The minimum absolute atomic E-state index is 0.0317. The number of aromatic nitrogens is 6. The second kappa shape index (κ2) is 12.4. The lowest BCUT2D eigenvalue weighted by Gasteiger charge is -2.30. The van der Waals surface area contributed by atoms with Crippen molar-refractivity contribution in [2.24, 2.45) is 7.05 Å². The second-order valence-corrected chi connectivity index (χ2v) is 12.0. The number of ether oxygens (including phenoxy) is 1. The molecule has 0 spiro atoms. The number of aromatic hydroxyl groups is 1. The van der Waals surface area contributed by atoms with Crippen LogP contribution in [-0.2, 0) is 21.4 Å². The van der Waals surface area contributed by atoms with Crippen molar-refractivity contribution < 1.29 is 19.4 Å². The summed E-state index contributed by atoms with van der Waals surface area (Å²) in [5.41, 5.74) is 4.94. The Bertz CT molecular complexity index is 1980. The lowest BCUT2D eigenvalue weighted by Crippen LogP contribution is -2.48. The number of aryl methyl sites for hydroxylation is 1. The molecular weight excluding hydrogens is 598 g/mol. The molecule has 3 N–H and O–H groups in total. The molecule has 5 aromatic rings. The van der Waals surface area contributed by atoms with Crippen LogP contribution in [-0.4, -0.2) is 102 Å². The number of carbonyl (C=O) groups is 2.